The molecule has 0 radical (unpaired) electrons. The second-order valence-electron chi connectivity index (χ2n) is 6.47. The molecule has 5 heteroatoms. The third-order valence-electron chi connectivity index (χ3n) is 4.83. The fourth-order valence-corrected chi connectivity index (χ4v) is 3.65. The van der Waals surface area contributed by atoms with Crippen molar-refractivity contribution < 1.29 is 9.53 Å². The molecule has 0 unspecified atom stereocenters. The Labute approximate surface area is 137 Å². The van der Waals surface area contributed by atoms with Crippen molar-refractivity contribution in [3.63, 3.8) is 0 Å². The number of imidazole rings is 1. The summed E-state index contributed by atoms with van der Waals surface area (Å²) in [5.41, 5.74) is 2.30. The van der Waals surface area contributed by atoms with Gasteiger partial charge in [0.1, 0.15) is 5.82 Å². The fraction of sp³-hybridized carbons (Fsp3) is 0.556. The van der Waals surface area contributed by atoms with Gasteiger partial charge in [0.05, 0.1) is 24.1 Å². The summed E-state index contributed by atoms with van der Waals surface area (Å²) in [4.78, 5) is 18.6. The number of rotatable bonds is 4. The van der Waals surface area contributed by atoms with Crippen LogP contribution in [0, 0.1) is 12.8 Å². The van der Waals surface area contributed by atoms with Crippen LogP contribution >= 0.6 is 0 Å². The van der Waals surface area contributed by atoms with E-state index in [1.807, 2.05) is 13.0 Å². The van der Waals surface area contributed by atoms with Crippen molar-refractivity contribution in [1.29, 1.82) is 0 Å². The summed E-state index contributed by atoms with van der Waals surface area (Å²) in [6.45, 7) is 6.83. The lowest BCUT2D eigenvalue weighted by atomic mass is 10.0. The molecule has 2 heterocycles. The summed E-state index contributed by atoms with van der Waals surface area (Å²) in [5.74, 6) is 0.906. The number of carbonyl (C=O) groups excluding carboxylic acids is 1. The average molecular weight is 315 g/mol. The Hall–Kier alpha value is -1.88. The number of esters is 1. The lowest BCUT2D eigenvalue weighted by Gasteiger charge is -2.34. The molecular weight excluding hydrogens is 290 g/mol. The Balaban J connectivity index is 1.67. The molecule has 1 atom stereocenters. The second-order valence-corrected chi connectivity index (χ2v) is 6.47. The summed E-state index contributed by atoms with van der Waals surface area (Å²) in [7, 11) is 1.46. The maximum Gasteiger partial charge on any atom is 0.309 e. The first-order valence-electron chi connectivity index (χ1n) is 8.34. The quantitative estimate of drug-likeness (QED) is 0.814. The number of aryl methyl sites for hydroxylation is 1. The predicted molar refractivity (Wildman–Crippen MR) is 90.4 cm³/mol. The van der Waals surface area contributed by atoms with Gasteiger partial charge in [-0.1, -0.05) is 19.1 Å². The Morgan fingerprint density at radius 3 is 2.74 bits per heavy atom. The fourth-order valence-electron chi connectivity index (χ4n) is 3.65. The number of carbonyl (C=O) groups is 1. The van der Waals surface area contributed by atoms with Gasteiger partial charge in [-0.25, -0.2) is 4.98 Å². The number of hydrogen-bond acceptors (Lipinski definition) is 4. The molecule has 23 heavy (non-hydrogen) atoms. The van der Waals surface area contributed by atoms with Gasteiger partial charge in [0.15, 0.2) is 0 Å². The highest BCUT2D eigenvalue weighted by atomic mass is 16.5. The van der Waals surface area contributed by atoms with Crippen molar-refractivity contribution in [2.45, 2.75) is 32.7 Å². The summed E-state index contributed by atoms with van der Waals surface area (Å²) in [6, 6.07) is 8.84. The molecule has 0 bridgehead atoms. The number of nitrogens with zero attached hydrogens (tertiary/aromatic N) is 3. The van der Waals surface area contributed by atoms with Crippen molar-refractivity contribution in [3.8, 4) is 0 Å². The van der Waals surface area contributed by atoms with E-state index in [0.29, 0.717) is 6.04 Å². The maximum atomic E-state index is 11.6. The first-order valence-corrected chi connectivity index (χ1v) is 8.34. The van der Waals surface area contributed by atoms with E-state index in [1.54, 1.807) is 0 Å². The topological polar surface area (TPSA) is 47.4 Å². The molecule has 0 saturated carbocycles. The first-order chi connectivity index (χ1) is 11.1. The lowest BCUT2D eigenvalue weighted by molar-refractivity contribution is -0.145. The zero-order valence-electron chi connectivity index (χ0n) is 14.2. The lowest BCUT2D eigenvalue weighted by Crippen LogP contribution is -2.39. The summed E-state index contributed by atoms with van der Waals surface area (Å²) >= 11 is 0. The van der Waals surface area contributed by atoms with E-state index in [9.17, 15) is 4.79 Å². The van der Waals surface area contributed by atoms with Crippen molar-refractivity contribution >= 4 is 17.0 Å². The molecule has 0 spiro atoms. The number of hydrogen-bond donors (Lipinski definition) is 0. The second kappa shape index (κ2) is 6.71. The van der Waals surface area contributed by atoms with Crippen molar-refractivity contribution in [3.05, 3.63) is 30.1 Å². The highest BCUT2D eigenvalue weighted by Gasteiger charge is 2.25. The van der Waals surface area contributed by atoms with Crippen LogP contribution in [0.3, 0.4) is 0 Å². The molecular formula is C18H25N3O2. The van der Waals surface area contributed by atoms with E-state index in [4.69, 9.17) is 4.74 Å². The largest absolute Gasteiger partial charge is 0.469 e. The van der Waals surface area contributed by atoms with Crippen LogP contribution in [0.15, 0.2) is 24.3 Å². The van der Waals surface area contributed by atoms with Crippen LogP contribution in [-0.2, 0) is 9.53 Å². The van der Waals surface area contributed by atoms with Gasteiger partial charge in [-0.3, -0.25) is 4.79 Å². The highest BCUT2D eigenvalue weighted by Crippen LogP contribution is 2.28. The van der Waals surface area contributed by atoms with Crippen LogP contribution in [0.2, 0.25) is 0 Å². The van der Waals surface area contributed by atoms with Gasteiger partial charge in [0.2, 0.25) is 0 Å². The Bertz CT molecular complexity index is 687. The predicted octanol–water partition coefficient (Wildman–Crippen LogP) is 2.79. The number of aromatic nitrogens is 2. The minimum Gasteiger partial charge on any atom is -0.469 e. The molecule has 1 aromatic heterocycles. The number of likely N-dealkylation sites (tertiary alicyclic amines) is 1. The molecule has 124 valence electrons. The molecule has 0 N–H and O–H groups in total. The standard InChI is InChI=1S/C18H25N3O2/c1-13(18(22)23-3)12-20-10-8-15(9-11-20)21-14(2)19-16-6-4-5-7-17(16)21/h4-7,13,15H,8-12H2,1-3H3/t13-/m1/s1. The molecule has 1 saturated heterocycles. The SMILES string of the molecule is COC(=O)[C@H](C)CN1CCC(n2c(C)nc3ccccc32)CC1. The summed E-state index contributed by atoms with van der Waals surface area (Å²) in [6.07, 6.45) is 2.18. The number of piperidine rings is 1. The van der Waals surface area contributed by atoms with E-state index in [2.05, 4.69) is 39.6 Å². The van der Waals surface area contributed by atoms with Gasteiger partial charge < -0.3 is 14.2 Å². The van der Waals surface area contributed by atoms with Gasteiger partial charge in [0, 0.05) is 25.7 Å². The molecule has 5 nitrogen and oxygen atoms in total. The Kier molecular flexibility index (Phi) is 4.66. The van der Waals surface area contributed by atoms with Gasteiger partial charge >= 0.3 is 5.97 Å². The molecule has 1 aliphatic rings. The molecule has 0 amide bonds. The molecule has 2 aromatic rings. The van der Waals surface area contributed by atoms with Crippen LogP contribution in [0.4, 0.5) is 0 Å². The van der Waals surface area contributed by atoms with Crippen LogP contribution in [0.25, 0.3) is 11.0 Å². The molecule has 1 aliphatic heterocycles. The molecule has 1 aromatic carbocycles. The highest BCUT2D eigenvalue weighted by molar-refractivity contribution is 5.76. The van der Waals surface area contributed by atoms with Crippen molar-refractivity contribution in [1.82, 2.24) is 14.5 Å². The minimum absolute atomic E-state index is 0.0626. The summed E-state index contributed by atoms with van der Waals surface area (Å²) < 4.78 is 7.20. The number of fused-ring (bicyclic) bond motifs is 1. The Morgan fingerprint density at radius 2 is 2.04 bits per heavy atom. The van der Waals surface area contributed by atoms with Gasteiger partial charge in [0.25, 0.3) is 0 Å². The van der Waals surface area contributed by atoms with Crippen LogP contribution in [-0.4, -0.2) is 47.2 Å². The normalized spacial score (nSPS) is 18.2. The average Bonchev–Trinajstić information content (AvgIpc) is 2.90. The van der Waals surface area contributed by atoms with Crippen molar-refractivity contribution in [2.24, 2.45) is 5.92 Å². The number of benzene rings is 1. The third kappa shape index (κ3) is 3.24. The van der Waals surface area contributed by atoms with E-state index in [1.165, 1.54) is 12.6 Å². The third-order valence-corrected chi connectivity index (χ3v) is 4.83. The first kappa shape index (κ1) is 16.0. The number of methoxy groups -OCH3 is 1. The maximum absolute atomic E-state index is 11.6. The van der Waals surface area contributed by atoms with E-state index >= 15 is 0 Å². The van der Waals surface area contributed by atoms with E-state index in [-0.39, 0.29) is 11.9 Å². The Morgan fingerprint density at radius 1 is 1.35 bits per heavy atom. The number of para-hydroxylation sites is 2. The zero-order chi connectivity index (χ0) is 16.4. The van der Waals surface area contributed by atoms with Gasteiger partial charge in [-0.15, -0.1) is 0 Å². The summed E-state index contributed by atoms with van der Waals surface area (Å²) in [5, 5.41) is 0. The van der Waals surface area contributed by atoms with Gasteiger partial charge in [-0.2, -0.15) is 0 Å². The molecule has 3 rings (SSSR count). The van der Waals surface area contributed by atoms with E-state index in [0.717, 1.165) is 43.8 Å². The molecule has 1 fully saturated rings. The molecule has 0 aliphatic carbocycles. The number of ether oxygens (including phenoxy) is 1. The zero-order valence-corrected chi connectivity index (χ0v) is 14.2. The van der Waals surface area contributed by atoms with Crippen LogP contribution in [0.5, 0.6) is 0 Å². The minimum atomic E-state index is -0.122. The van der Waals surface area contributed by atoms with Crippen LogP contribution in [0.1, 0.15) is 31.6 Å². The van der Waals surface area contributed by atoms with Crippen molar-refractivity contribution in [2.75, 3.05) is 26.7 Å². The smallest absolute Gasteiger partial charge is 0.309 e. The van der Waals surface area contributed by atoms with Crippen LogP contribution < -0.4 is 0 Å². The van der Waals surface area contributed by atoms with E-state index < -0.39 is 0 Å². The monoisotopic (exact) mass is 315 g/mol. The van der Waals surface area contributed by atoms with Gasteiger partial charge in [-0.05, 0) is 31.9 Å².